The van der Waals surface area contributed by atoms with E-state index in [2.05, 4.69) is 25.8 Å². The number of aromatic hydroxyl groups is 1. The zero-order valence-electron chi connectivity index (χ0n) is 23.4. The highest BCUT2D eigenvalue weighted by Crippen LogP contribution is 2.67. The van der Waals surface area contributed by atoms with Crippen LogP contribution in [0.25, 0.3) is 0 Å². The Hall–Kier alpha value is -2.48. The third-order valence-electron chi connectivity index (χ3n) is 9.61. The van der Waals surface area contributed by atoms with Gasteiger partial charge in [0.2, 0.25) is 5.91 Å². The molecule has 1 N–H and O–H groups in total. The lowest BCUT2D eigenvalue weighted by molar-refractivity contribution is -0.222. The van der Waals surface area contributed by atoms with Crippen molar-refractivity contribution in [1.29, 1.82) is 0 Å². The number of esters is 1. The van der Waals surface area contributed by atoms with Gasteiger partial charge in [0, 0.05) is 19.0 Å². The van der Waals surface area contributed by atoms with Crippen LogP contribution in [0.4, 0.5) is 0 Å². The standard InChI is InChI=1S/C31H36Cl2N2O5/c1-17(2)16-35(26(38)14-19-5-7-21(32)22(33)13-19)23-9-10-31(40-18(3)36)25-15-20-6-8-24(37)28-27(20)30(31,29(23)39-28)11-12-34(25)4/h5-8,13,17,23,25,29,37H,9-12,14-16H2,1-4H3/t23?,25-,29?,30+,31-/m1/s1. The van der Waals surface area contributed by atoms with Crippen LogP contribution < -0.4 is 4.74 Å². The van der Waals surface area contributed by atoms with Gasteiger partial charge in [-0.1, -0.05) is 49.2 Å². The van der Waals surface area contributed by atoms with Gasteiger partial charge in [0.25, 0.3) is 0 Å². The van der Waals surface area contributed by atoms with Crippen molar-refractivity contribution in [2.75, 3.05) is 20.1 Å². The predicted molar refractivity (Wildman–Crippen MR) is 153 cm³/mol. The number of hydrogen-bond acceptors (Lipinski definition) is 6. The average Bonchev–Trinajstić information content (AvgIpc) is 3.24. The molecule has 2 bridgehead atoms. The van der Waals surface area contributed by atoms with E-state index in [-0.39, 0.29) is 42.0 Å². The summed E-state index contributed by atoms with van der Waals surface area (Å²) in [4.78, 5) is 31.0. The molecule has 1 amide bonds. The lowest BCUT2D eigenvalue weighted by Crippen LogP contribution is -2.79. The molecule has 0 radical (unpaired) electrons. The molecule has 2 aromatic carbocycles. The minimum atomic E-state index is -0.810. The van der Waals surface area contributed by atoms with Crippen LogP contribution in [0.1, 0.15) is 56.7 Å². The molecule has 2 aromatic rings. The molecule has 1 saturated carbocycles. The first-order valence-corrected chi connectivity index (χ1v) is 14.9. The van der Waals surface area contributed by atoms with Gasteiger partial charge in [-0.3, -0.25) is 14.5 Å². The first-order valence-electron chi connectivity index (χ1n) is 14.1. The van der Waals surface area contributed by atoms with E-state index < -0.39 is 17.1 Å². The smallest absolute Gasteiger partial charge is 0.303 e. The van der Waals surface area contributed by atoms with Crippen LogP contribution >= 0.6 is 23.2 Å². The molecular formula is C31H36Cl2N2O5. The molecule has 6 rings (SSSR count). The Bertz CT molecular complexity index is 1380. The van der Waals surface area contributed by atoms with Gasteiger partial charge in [-0.15, -0.1) is 0 Å². The van der Waals surface area contributed by atoms with Crippen LogP contribution in [0, 0.1) is 5.92 Å². The molecule has 214 valence electrons. The Balaban J connectivity index is 1.46. The molecule has 2 heterocycles. The first kappa shape index (κ1) is 27.7. The van der Waals surface area contributed by atoms with E-state index >= 15 is 0 Å². The third-order valence-corrected chi connectivity index (χ3v) is 10.3. The minimum Gasteiger partial charge on any atom is -0.504 e. The van der Waals surface area contributed by atoms with Crippen molar-refractivity contribution in [2.24, 2.45) is 5.92 Å². The molecule has 7 nitrogen and oxygen atoms in total. The fourth-order valence-corrected chi connectivity index (χ4v) is 8.54. The van der Waals surface area contributed by atoms with Crippen molar-refractivity contribution in [1.82, 2.24) is 9.80 Å². The number of likely N-dealkylation sites (N-methyl/N-ethyl adjacent to an activating group) is 1. The molecule has 5 atom stereocenters. The second-order valence-corrected chi connectivity index (χ2v) is 13.2. The van der Waals surface area contributed by atoms with Gasteiger partial charge in [0.1, 0.15) is 11.7 Å². The van der Waals surface area contributed by atoms with E-state index in [1.165, 1.54) is 6.92 Å². The number of piperidine rings is 1. The number of carbonyl (C=O) groups is 2. The minimum absolute atomic E-state index is 0.0160. The largest absolute Gasteiger partial charge is 0.504 e. The molecule has 1 spiro atoms. The summed E-state index contributed by atoms with van der Waals surface area (Å²) in [5, 5.41) is 11.9. The summed E-state index contributed by atoms with van der Waals surface area (Å²) < 4.78 is 13.2. The van der Waals surface area contributed by atoms with Crippen LogP contribution in [0.5, 0.6) is 11.5 Å². The number of ether oxygens (including phenoxy) is 2. The average molecular weight is 588 g/mol. The number of phenols is 1. The van der Waals surface area contributed by atoms with E-state index in [1.54, 1.807) is 18.2 Å². The van der Waals surface area contributed by atoms with E-state index in [0.717, 1.165) is 23.2 Å². The Morgan fingerprint density at radius 2 is 1.98 bits per heavy atom. The van der Waals surface area contributed by atoms with Gasteiger partial charge in [-0.2, -0.15) is 0 Å². The summed E-state index contributed by atoms with van der Waals surface area (Å²) >= 11 is 12.4. The number of benzene rings is 2. The van der Waals surface area contributed by atoms with Gasteiger partial charge in [-0.25, -0.2) is 0 Å². The second-order valence-electron chi connectivity index (χ2n) is 12.4. The lowest BCUT2D eigenvalue weighted by atomic mass is 9.48. The van der Waals surface area contributed by atoms with Crippen molar-refractivity contribution in [3.05, 3.63) is 57.1 Å². The van der Waals surface area contributed by atoms with E-state index in [0.29, 0.717) is 48.0 Å². The zero-order valence-corrected chi connectivity index (χ0v) is 24.9. The maximum atomic E-state index is 14.1. The van der Waals surface area contributed by atoms with Crippen LogP contribution in [0.3, 0.4) is 0 Å². The summed E-state index contributed by atoms with van der Waals surface area (Å²) in [7, 11) is 2.10. The summed E-state index contributed by atoms with van der Waals surface area (Å²) in [6, 6.07) is 8.70. The number of nitrogens with zero attached hydrogens (tertiary/aromatic N) is 2. The van der Waals surface area contributed by atoms with E-state index in [1.807, 2.05) is 17.0 Å². The Kier molecular flexibility index (Phi) is 6.79. The van der Waals surface area contributed by atoms with Crippen LogP contribution in [-0.2, 0) is 32.6 Å². The van der Waals surface area contributed by atoms with Crippen LogP contribution in [-0.4, -0.2) is 70.7 Å². The van der Waals surface area contributed by atoms with Crippen molar-refractivity contribution in [3.8, 4) is 11.5 Å². The maximum absolute atomic E-state index is 14.1. The fraction of sp³-hybridized carbons (Fsp3) is 0.548. The monoisotopic (exact) mass is 586 g/mol. The van der Waals surface area contributed by atoms with Crippen LogP contribution in [0.15, 0.2) is 30.3 Å². The van der Waals surface area contributed by atoms with Gasteiger partial charge in [-0.05, 0) is 74.5 Å². The Morgan fingerprint density at radius 3 is 2.67 bits per heavy atom. The molecule has 40 heavy (non-hydrogen) atoms. The topological polar surface area (TPSA) is 79.3 Å². The quantitative estimate of drug-likeness (QED) is 0.472. The van der Waals surface area contributed by atoms with Crippen molar-refractivity contribution in [3.63, 3.8) is 0 Å². The number of amides is 1. The summed E-state index contributed by atoms with van der Waals surface area (Å²) in [6.45, 7) is 7.03. The molecule has 4 aliphatic rings. The lowest BCUT2D eigenvalue weighted by Gasteiger charge is -2.65. The summed E-state index contributed by atoms with van der Waals surface area (Å²) in [6.07, 6.45) is 2.36. The predicted octanol–water partition coefficient (Wildman–Crippen LogP) is 5.15. The van der Waals surface area contributed by atoms with Gasteiger partial charge in [0.05, 0.1) is 34.0 Å². The summed E-state index contributed by atoms with van der Waals surface area (Å²) in [5.41, 5.74) is 1.40. The molecule has 2 aliphatic heterocycles. The first-order chi connectivity index (χ1) is 19.0. The van der Waals surface area contributed by atoms with E-state index in [4.69, 9.17) is 32.7 Å². The normalized spacial score (nSPS) is 30.0. The second kappa shape index (κ2) is 9.81. The van der Waals surface area contributed by atoms with Crippen molar-refractivity contribution >= 4 is 35.1 Å². The van der Waals surface area contributed by atoms with Gasteiger partial charge < -0.3 is 19.5 Å². The number of hydrogen-bond donors (Lipinski definition) is 1. The van der Waals surface area contributed by atoms with E-state index in [9.17, 15) is 14.7 Å². The highest BCUT2D eigenvalue weighted by atomic mass is 35.5. The van der Waals surface area contributed by atoms with Gasteiger partial charge >= 0.3 is 5.97 Å². The van der Waals surface area contributed by atoms with Gasteiger partial charge in [0.15, 0.2) is 11.5 Å². The third kappa shape index (κ3) is 3.95. The highest BCUT2D eigenvalue weighted by Gasteiger charge is 2.75. The molecule has 0 aromatic heterocycles. The number of carbonyl (C=O) groups excluding carboxylic acids is 2. The van der Waals surface area contributed by atoms with Crippen molar-refractivity contribution in [2.45, 2.75) is 82.1 Å². The van der Waals surface area contributed by atoms with Crippen LogP contribution in [0.2, 0.25) is 10.0 Å². The fourth-order valence-electron chi connectivity index (χ4n) is 8.22. The highest BCUT2D eigenvalue weighted by molar-refractivity contribution is 6.42. The number of rotatable bonds is 6. The molecule has 9 heteroatoms. The Morgan fingerprint density at radius 1 is 1.20 bits per heavy atom. The molecule has 1 saturated heterocycles. The number of halogens is 2. The number of likely N-dealkylation sites (tertiary alicyclic amines) is 1. The molecular weight excluding hydrogens is 551 g/mol. The SMILES string of the molecule is CC(=O)O[C@@]12CCC(N(CC(C)C)C(=O)Cc3ccc(Cl)c(Cl)c3)C3Oc4c(O)ccc5c4[C@@]31CCN(C)[C@@H]2C5. The molecule has 2 aliphatic carbocycles. The maximum Gasteiger partial charge on any atom is 0.303 e. The Labute approximate surface area is 245 Å². The molecule has 2 fully saturated rings. The number of phenolic OH excluding ortho intramolecular Hbond substituents is 1. The van der Waals surface area contributed by atoms with Crippen molar-refractivity contribution < 1.29 is 24.2 Å². The summed E-state index contributed by atoms with van der Waals surface area (Å²) in [5.74, 6) is 0.462. The zero-order chi connectivity index (χ0) is 28.6. The molecule has 2 unspecified atom stereocenters.